The van der Waals surface area contributed by atoms with E-state index in [2.05, 4.69) is 0 Å². The lowest BCUT2D eigenvalue weighted by Gasteiger charge is -2.21. The number of carbonyl (C=O) groups is 1. The third-order valence-electron chi connectivity index (χ3n) is 2.64. The average Bonchev–Trinajstić information content (AvgIpc) is 2.06. The molecule has 0 saturated heterocycles. The highest BCUT2D eigenvalue weighted by Crippen LogP contribution is 2.23. The number of nitrogens with two attached hydrogens (primary N) is 1. The molecule has 0 aliphatic rings. The van der Waals surface area contributed by atoms with Gasteiger partial charge in [0, 0.05) is 5.54 Å². The summed E-state index contributed by atoms with van der Waals surface area (Å²) in [5.74, 6) is -0.901. The molecule has 0 saturated carbocycles. The van der Waals surface area contributed by atoms with Crippen LogP contribution in [0, 0.1) is 13.8 Å². The molecule has 0 heterocycles. The molecule has 0 aromatic heterocycles. The lowest BCUT2D eigenvalue weighted by atomic mass is 9.90. The van der Waals surface area contributed by atoms with E-state index in [4.69, 9.17) is 10.8 Å². The third kappa shape index (κ3) is 2.36. The van der Waals surface area contributed by atoms with Crippen LogP contribution in [-0.4, -0.2) is 11.1 Å². The number of carboxylic acids is 1. The number of aryl methyl sites for hydroxylation is 1. The molecule has 0 atom stereocenters. The van der Waals surface area contributed by atoms with E-state index < -0.39 is 11.5 Å². The van der Waals surface area contributed by atoms with Crippen molar-refractivity contribution in [2.75, 3.05) is 0 Å². The van der Waals surface area contributed by atoms with E-state index >= 15 is 0 Å². The molecule has 3 nitrogen and oxygen atoms in total. The van der Waals surface area contributed by atoms with Crippen LogP contribution in [0.25, 0.3) is 0 Å². The van der Waals surface area contributed by atoms with Crippen molar-refractivity contribution in [3.05, 3.63) is 34.4 Å². The van der Waals surface area contributed by atoms with Crippen LogP contribution in [-0.2, 0) is 5.54 Å². The molecule has 1 rings (SSSR count). The fourth-order valence-corrected chi connectivity index (χ4v) is 1.45. The zero-order valence-electron chi connectivity index (χ0n) is 9.59. The molecule has 3 N–H and O–H groups in total. The molecule has 0 aliphatic heterocycles. The summed E-state index contributed by atoms with van der Waals surface area (Å²) in [6.45, 7) is 7.44. The summed E-state index contributed by atoms with van der Waals surface area (Å²) in [5.41, 5.74) is 8.39. The molecular formula is C12H17NO2. The maximum Gasteiger partial charge on any atom is 0.335 e. The molecule has 15 heavy (non-hydrogen) atoms. The first kappa shape index (κ1) is 11.7. The molecule has 1 aromatic carbocycles. The van der Waals surface area contributed by atoms with Crippen LogP contribution in [0.5, 0.6) is 0 Å². The molecule has 3 heteroatoms. The fraction of sp³-hybridized carbons (Fsp3) is 0.417. The normalized spacial score (nSPS) is 11.5. The summed E-state index contributed by atoms with van der Waals surface area (Å²) in [4.78, 5) is 11.0. The van der Waals surface area contributed by atoms with E-state index in [1.807, 2.05) is 33.8 Å². The molecule has 0 amide bonds. The average molecular weight is 207 g/mol. The Bertz CT molecular complexity index is 403. The minimum absolute atomic E-state index is 0.337. The van der Waals surface area contributed by atoms with E-state index in [1.165, 1.54) is 0 Å². The van der Waals surface area contributed by atoms with Crippen molar-refractivity contribution in [3.63, 3.8) is 0 Å². The van der Waals surface area contributed by atoms with Crippen molar-refractivity contribution in [1.82, 2.24) is 0 Å². The van der Waals surface area contributed by atoms with Crippen LogP contribution < -0.4 is 5.73 Å². The Labute approximate surface area is 89.9 Å². The molecule has 0 aliphatic carbocycles. The van der Waals surface area contributed by atoms with Crippen LogP contribution in [0.3, 0.4) is 0 Å². The highest BCUT2D eigenvalue weighted by atomic mass is 16.4. The maximum absolute atomic E-state index is 11.0. The number of hydrogen-bond donors (Lipinski definition) is 2. The smallest absolute Gasteiger partial charge is 0.335 e. The second-order valence-electron chi connectivity index (χ2n) is 4.49. The van der Waals surface area contributed by atoms with E-state index in [1.54, 1.807) is 6.07 Å². The lowest BCUT2D eigenvalue weighted by molar-refractivity contribution is 0.0696. The molecule has 1 aromatic rings. The van der Waals surface area contributed by atoms with Gasteiger partial charge in [-0.2, -0.15) is 0 Å². The van der Waals surface area contributed by atoms with Crippen molar-refractivity contribution in [3.8, 4) is 0 Å². The summed E-state index contributed by atoms with van der Waals surface area (Å²) in [6, 6.07) is 3.60. The predicted molar refractivity (Wildman–Crippen MR) is 60.1 cm³/mol. The molecule has 0 spiro atoms. The van der Waals surface area contributed by atoms with Gasteiger partial charge in [0.05, 0.1) is 5.56 Å². The Kier molecular flexibility index (Phi) is 2.86. The monoisotopic (exact) mass is 207 g/mol. The van der Waals surface area contributed by atoms with Gasteiger partial charge in [-0.15, -0.1) is 0 Å². The Morgan fingerprint density at radius 2 is 1.87 bits per heavy atom. The first-order valence-corrected chi connectivity index (χ1v) is 4.87. The quantitative estimate of drug-likeness (QED) is 0.781. The predicted octanol–water partition coefficient (Wildman–Crippen LogP) is 2.20. The van der Waals surface area contributed by atoms with Gasteiger partial charge >= 0.3 is 5.97 Å². The Hall–Kier alpha value is -1.35. The zero-order valence-corrected chi connectivity index (χ0v) is 9.59. The number of carboxylic acid groups (broad SMARTS) is 1. The molecule has 82 valence electrons. The van der Waals surface area contributed by atoms with Crippen molar-refractivity contribution in [2.45, 2.75) is 33.2 Å². The van der Waals surface area contributed by atoms with Gasteiger partial charge in [0.1, 0.15) is 0 Å². The van der Waals surface area contributed by atoms with Crippen molar-refractivity contribution >= 4 is 5.97 Å². The summed E-state index contributed by atoms with van der Waals surface area (Å²) in [5, 5.41) is 9.04. The second-order valence-corrected chi connectivity index (χ2v) is 4.49. The number of hydrogen-bond acceptors (Lipinski definition) is 2. The first-order valence-electron chi connectivity index (χ1n) is 4.87. The number of benzene rings is 1. The standard InChI is InChI=1S/C12H17NO2/c1-7-5-9(12(3,4)13)6-10(8(7)2)11(14)15/h5-6H,13H2,1-4H3,(H,14,15). The van der Waals surface area contributed by atoms with Crippen molar-refractivity contribution in [1.29, 1.82) is 0 Å². The molecule has 0 fully saturated rings. The van der Waals surface area contributed by atoms with E-state index in [9.17, 15) is 4.79 Å². The fourth-order valence-electron chi connectivity index (χ4n) is 1.45. The first-order chi connectivity index (χ1) is 6.73. The molecule has 0 unspecified atom stereocenters. The number of aromatic carboxylic acids is 1. The highest BCUT2D eigenvalue weighted by Gasteiger charge is 2.18. The van der Waals surface area contributed by atoms with Gasteiger partial charge in [-0.05, 0) is 50.5 Å². The largest absolute Gasteiger partial charge is 0.478 e. The zero-order chi connectivity index (χ0) is 11.8. The van der Waals surface area contributed by atoms with Crippen LogP contribution >= 0.6 is 0 Å². The van der Waals surface area contributed by atoms with Crippen LogP contribution in [0.2, 0.25) is 0 Å². The Morgan fingerprint density at radius 1 is 1.33 bits per heavy atom. The SMILES string of the molecule is Cc1cc(C(C)(C)N)cc(C(=O)O)c1C. The maximum atomic E-state index is 11.0. The van der Waals surface area contributed by atoms with Gasteiger partial charge < -0.3 is 10.8 Å². The highest BCUT2D eigenvalue weighted by molar-refractivity contribution is 5.90. The van der Waals surface area contributed by atoms with Gasteiger partial charge in [0.2, 0.25) is 0 Å². The topological polar surface area (TPSA) is 63.3 Å². The van der Waals surface area contributed by atoms with Gasteiger partial charge in [-0.25, -0.2) is 4.79 Å². The van der Waals surface area contributed by atoms with Gasteiger partial charge in [-0.3, -0.25) is 0 Å². The van der Waals surface area contributed by atoms with Crippen LogP contribution in [0.1, 0.15) is 40.9 Å². The number of rotatable bonds is 2. The van der Waals surface area contributed by atoms with Crippen molar-refractivity contribution < 1.29 is 9.90 Å². The third-order valence-corrected chi connectivity index (χ3v) is 2.64. The Balaban J connectivity index is 3.43. The summed E-state index contributed by atoms with van der Waals surface area (Å²) in [7, 11) is 0. The van der Waals surface area contributed by atoms with E-state index in [0.717, 1.165) is 16.7 Å². The molecular weight excluding hydrogens is 190 g/mol. The van der Waals surface area contributed by atoms with Crippen molar-refractivity contribution in [2.24, 2.45) is 5.73 Å². The van der Waals surface area contributed by atoms with Crippen LogP contribution in [0.4, 0.5) is 0 Å². The van der Waals surface area contributed by atoms with Gasteiger partial charge in [-0.1, -0.05) is 6.07 Å². The minimum Gasteiger partial charge on any atom is -0.478 e. The summed E-state index contributed by atoms with van der Waals surface area (Å²) >= 11 is 0. The summed E-state index contributed by atoms with van der Waals surface area (Å²) in [6.07, 6.45) is 0. The van der Waals surface area contributed by atoms with Crippen LogP contribution in [0.15, 0.2) is 12.1 Å². The van der Waals surface area contributed by atoms with Gasteiger partial charge in [0.25, 0.3) is 0 Å². The van der Waals surface area contributed by atoms with E-state index in [-0.39, 0.29) is 0 Å². The minimum atomic E-state index is -0.901. The summed E-state index contributed by atoms with van der Waals surface area (Å²) < 4.78 is 0. The van der Waals surface area contributed by atoms with E-state index in [0.29, 0.717) is 5.56 Å². The molecule has 0 radical (unpaired) electrons. The molecule has 0 bridgehead atoms. The lowest BCUT2D eigenvalue weighted by Crippen LogP contribution is -2.29. The Morgan fingerprint density at radius 3 is 2.27 bits per heavy atom. The van der Waals surface area contributed by atoms with Gasteiger partial charge in [0.15, 0.2) is 0 Å². The second kappa shape index (κ2) is 3.66.